The second-order valence-electron chi connectivity index (χ2n) is 3.05. The van der Waals surface area contributed by atoms with Crippen molar-refractivity contribution >= 4 is 11.9 Å². The van der Waals surface area contributed by atoms with Gasteiger partial charge in [0.1, 0.15) is 6.26 Å². The standard InChI is InChI=1S/C9H15N3O2/c1-7-6-14-9(11-7)12-8(13)4-3-5-10-2/h6,10H,3-5H2,1-2H3,(H,11,12,13). The summed E-state index contributed by atoms with van der Waals surface area (Å²) in [7, 11) is 1.86. The van der Waals surface area contributed by atoms with Crippen LogP contribution in [0, 0.1) is 6.92 Å². The minimum atomic E-state index is -0.0675. The van der Waals surface area contributed by atoms with Gasteiger partial charge in [0.25, 0.3) is 0 Å². The lowest BCUT2D eigenvalue weighted by molar-refractivity contribution is -0.116. The van der Waals surface area contributed by atoms with Crippen molar-refractivity contribution in [1.82, 2.24) is 10.3 Å². The molecule has 5 heteroatoms. The predicted octanol–water partition coefficient (Wildman–Crippen LogP) is 0.921. The first kappa shape index (κ1) is 10.7. The van der Waals surface area contributed by atoms with Gasteiger partial charge < -0.3 is 9.73 Å². The van der Waals surface area contributed by atoms with E-state index in [-0.39, 0.29) is 11.9 Å². The Morgan fingerprint density at radius 2 is 2.43 bits per heavy atom. The van der Waals surface area contributed by atoms with E-state index in [0.717, 1.165) is 18.7 Å². The largest absolute Gasteiger partial charge is 0.432 e. The summed E-state index contributed by atoms with van der Waals surface area (Å²) in [6, 6.07) is 0.275. The van der Waals surface area contributed by atoms with E-state index in [1.807, 2.05) is 7.05 Å². The van der Waals surface area contributed by atoms with Gasteiger partial charge in [0.05, 0.1) is 5.69 Å². The van der Waals surface area contributed by atoms with Gasteiger partial charge in [0.15, 0.2) is 0 Å². The lowest BCUT2D eigenvalue weighted by Crippen LogP contribution is -2.15. The number of amides is 1. The summed E-state index contributed by atoms with van der Waals surface area (Å²) in [4.78, 5) is 15.2. The number of aryl methyl sites for hydroxylation is 1. The van der Waals surface area contributed by atoms with E-state index in [0.29, 0.717) is 6.42 Å². The minimum absolute atomic E-state index is 0.0675. The van der Waals surface area contributed by atoms with Crippen LogP contribution in [-0.2, 0) is 4.79 Å². The van der Waals surface area contributed by atoms with Crippen molar-refractivity contribution in [2.45, 2.75) is 19.8 Å². The molecule has 0 aliphatic rings. The van der Waals surface area contributed by atoms with Crippen LogP contribution in [0.4, 0.5) is 6.01 Å². The maximum atomic E-state index is 11.3. The van der Waals surface area contributed by atoms with Crippen molar-refractivity contribution in [1.29, 1.82) is 0 Å². The molecule has 0 radical (unpaired) electrons. The first-order valence-electron chi connectivity index (χ1n) is 4.59. The summed E-state index contributed by atoms with van der Waals surface area (Å²) in [6.07, 6.45) is 2.79. The van der Waals surface area contributed by atoms with Crippen LogP contribution in [0.1, 0.15) is 18.5 Å². The average Bonchev–Trinajstić information content (AvgIpc) is 2.52. The maximum Gasteiger partial charge on any atom is 0.301 e. The molecule has 0 saturated heterocycles. The zero-order valence-electron chi connectivity index (χ0n) is 8.46. The third-order valence-electron chi connectivity index (χ3n) is 1.70. The number of oxazole rings is 1. The summed E-state index contributed by atoms with van der Waals surface area (Å²) in [5.74, 6) is -0.0675. The Morgan fingerprint density at radius 3 is 3.00 bits per heavy atom. The molecular weight excluding hydrogens is 182 g/mol. The number of carbonyl (C=O) groups excluding carboxylic acids is 1. The van der Waals surface area contributed by atoms with Crippen LogP contribution >= 0.6 is 0 Å². The number of carbonyl (C=O) groups is 1. The van der Waals surface area contributed by atoms with Gasteiger partial charge in [-0.1, -0.05) is 0 Å². The predicted molar refractivity (Wildman–Crippen MR) is 53.0 cm³/mol. The third-order valence-corrected chi connectivity index (χ3v) is 1.70. The Kier molecular flexibility index (Phi) is 4.12. The number of aromatic nitrogens is 1. The Labute approximate surface area is 82.9 Å². The molecule has 5 nitrogen and oxygen atoms in total. The first-order valence-corrected chi connectivity index (χ1v) is 4.59. The lowest BCUT2D eigenvalue weighted by Gasteiger charge is -1.99. The van der Waals surface area contributed by atoms with Gasteiger partial charge in [0, 0.05) is 6.42 Å². The Hall–Kier alpha value is -1.36. The van der Waals surface area contributed by atoms with Crippen molar-refractivity contribution in [3.63, 3.8) is 0 Å². The molecular formula is C9H15N3O2. The van der Waals surface area contributed by atoms with Crippen LogP contribution in [0.25, 0.3) is 0 Å². The van der Waals surface area contributed by atoms with E-state index in [9.17, 15) is 4.79 Å². The van der Waals surface area contributed by atoms with Crippen LogP contribution in [0.3, 0.4) is 0 Å². The normalized spacial score (nSPS) is 10.1. The van der Waals surface area contributed by atoms with Crippen molar-refractivity contribution in [3.05, 3.63) is 12.0 Å². The van der Waals surface area contributed by atoms with E-state index >= 15 is 0 Å². The van der Waals surface area contributed by atoms with E-state index in [1.165, 1.54) is 6.26 Å². The Balaban J connectivity index is 2.27. The fourth-order valence-corrected chi connectivity index (χ4v) is 1.02. The molecule has 0 aliphatic carbocycles. The summed E-state index contributed by atoms with van der Waals surface area (Å²) in [5.41, 5.74) is 0.760. The first-order chi connectivity index (χ1) is 6.72. The molecule has 0 spiro atoms. The number of hydrogen-bond donors (Lipinski definition) is 2. The highest BCUT2D eigenvalue weighted by Gasteiger charge is 2.05. The van der Waals surface area contributed by atoms with Gasteiger partial charge in [-0.2, -0.15) is 4.98 Å². The van der Waals surface area contributed by atoms with E-state index in [2.05, 4.69) is 15.6 Å². The van der Waals surface area contributed by atoms with Gasteiger partial charge in [-0.15, -0.1) is 0 Å². The van der Waals surface area contributed by atoms with Crippen LogP contribution in [0.15, 0.2) is 10.7 Å². The van der Waals surface area contributed by atoms with E-state index < -0.39 is 0 Å². The minimum Gasteiger partial charge on any atom is -0.432 e. The summed E-state index contributed by atoms with van der Waals surface area (Å²) in [5, 5.41) is 5.55. The molecule has 0 atom stereocenters. The van der Waals surface area contributed by atoms with Crippen molar-refractivity contribution in [3.8, 4) is 0 Å². The van der Waals surface area contributed by atoms with Crippen LogP contribution in [0.2, 0.25) is 0 Å². The molecule has 0 unspecified atom stereocenters. The second-order valence-corrected chi connectivity index (χ2v) is 3.05. The van der Waals surface area contributed by atoms with Crippen molar-refractivity contribution in [2.75, 3.05) is 18.9 Å². The molecule has 0 aromatic carbocycles. The molecule has 2 N–H and O–H groups in total. The molecule has 1 aromatic rings. The summed E-state index contributed by atoms with van der Waals surface area (Å²) >= 11 is 0. The SMILES string of the molecule is CNCCCC(=O)Nc1nc(C)co1. The van der Waals surface area contributed by atoms with Gasteiger partial charge >= 0.3 is 6.01 Å². The Morgan fingerprint density at radius 1 is 1.64 bits per heavy atom. The highest BCUT2D eigenvalue weighted by molar-refractivity contribution is 5.88. The maximum absolute atomic E-state index is 11.3. The monoisotopic (exact) mass is 197 g/mol. The summed E-state index contributed by atoms with van der Waals surface area (Å²) in [6.45, 7) is 2.64. The van der Waals surface area contributed by atoms with Gasteiger partial charge in [0.2, 0.25) is 5.91 Å². The van der Waals surface area contributed by atoms with Gasteiger partial charge in [-0.3, -0.25) is 10.1 Å². The van der Waals surface area contributed by atoms with E-state index in [1.54, 1.807) is 6.92 Å². The number of nitrogens with zero attached hydrogens (tertiary/aromatic N) is 1. The highest BCUT2D eigenvalue weighted by Crippen LogP contribution is 2.06. The molecule has 0 bridgehead atoms. The third kappa shape index (κ3) is 3.57. The molecule has 1 heterocycles. The summed E-state index contributed by atoms with van der Waals surface area (Å²) < 4.78 is 4.98. The fourth-order valence-electron chi connectivity index (χ4n) is 1.02. The van der Waals surface area contributed by atoms with Crippen molar-refractivity contribution < 1.29 is 9.21 Å². The quantitative estimate of drug-likeness (QED) is 0.689. The number of anilines is 1. The molecule has 1 amide bonds. The lowest BCUT2D eigenvalue weighted by atomic mass is 10.3. The second kappa shape index (κ2) is 5.39. The smallest absolute Gasteiger partial charge is 0.301 e. The molecule has 14 heavy (non-hydrogen) atoms. The van der Waals surface area contributed by atoms with Crippen LogP contribution in [0.5, 0.6) is 0 Å². The highest BCUT2D eigenvalue weighted by atomic mass is 16.4. The fraction of sp³-hybridized carbons (Fsp3) is 0.556. The van der Waals surface area contributed by atoms with Crippen LogP contribution < -0.4 is 10.6 Å². The molecule has 1 aromatic heterocycles. The number of nitrogens with one attached hydrogen (secondary N) is 2. The molecule has 1 rings (SSSR count). The zero-order valence-corrected chi connectivity index (χ0v) is 8.46. The van der Waals surface area contributed by atoms with Crippen LogP contribution in [-0.4, -0.2) is 24.5 Å². The van der Waals surface area contributed by atoms with Gasteiger partial charge in [-0.05, 0) is 26.9 Å². The van der Waals surface area contributed by atoms with Gasteiger partial charge in [-0.25, -0.2) is 0 Å². The van der Waals surface area contributed by atoms with E-state index in [4.69, 9.17) is 4.42 Å². The topological polar surface area (TPSA) is 67.2 Å². The molecule has 0 aliphatic heterocycles. The zero-order chi connectivity index (χ0) is 10.4. The average molecular weight is 197 g/mol. The Bertz CT molecular complexity index is 296. The molecule has 0 saturated carbocycles. The molecule has 0 fully saturated rings. The number of hydrogen-bond acceptors (Lipinski definition) is 4. The van der Waals surface area contributed by atoms with Crippen molar-refractivity contribution in [2.24, 2.45) is 0 Å². The number of rotatable bonds is 5. The molecule has 78 valence electrons.